The van der Waals surface area contributed by atoms with Gasteiger partial charge in [-0.1, -0.05) is 0 Å². The van der Waals surface area contributed by atoms with E-state index in [0.717, 1.165) is 42.9 Å². The molecular formula is C10H16Cl2N6. The number of anilines is 1. The van der Waals surface area contributed by atoms with Crippen LogP contribution >= 0.6 is 24.8 Å². The smallest absolute Gasteiger partial charge is 0.162 e. The van der Waals surface area contributed by atoms with Crippen LogP contribution in [0.1, 0.15) is 12.8 Å². The zero-order valence-electron chi connectivity index (χ0n) is 9.72. The number of fused-ring (bicyclic) bond motifs is 1. The lowest BCUT2D eigenvalue weighted by Crippen LogP contribution is -2.35. The van der Waals surface area contributed by atoms with Crippen LogP contribution in [0.5, 0.6) is 0 Å². The summed E-state index contributed by atoms with van der Waals surface area (Å²) >= 11 is 0. The third-order valence-electron chi connectivity index (χ3n) is 2.90. The van der Waals surface area contributed by atoms with Crippen molar-refractivity contribution < 1.29 is 0 Å². The molecule has 1 saturated heterocycles. The number of piperidine rings is 1. The van der Waals surface area contributed by atoms with E-state index in [2.05, 4.69) is 30.6 Å². The molecule has 1 aliphatic rings. The molecule has 3 N–H and O–H groups in total. The van der Waals surface area contributed by atoms with Crippen molar-refractivity contribution in [1.29, 1.82) is 0 Å². The number of H-pyrrole nitrogens is 1. The quantitative estimate of drug-likeness (QED) is 0.778. The summed E-state index contributed by atoms with van der Waals surface area (Å²) in [6.07, 6.45) is 5.45. The lowest BCUT2D eigenvalue weighted by molar-refractivity contribution is 0.478. The number of nitrogens with one attached hydrogen (secondary N) is 3. The van der Waals surface area contributed by atoms with Crippen molar-refractivity contribution in [2.45, 2.75) is 18.9 Å². The molecule has 3 rings (SSSR count). The molecule has 1 aliphatic heterocycles. The van der Waals surface area contributed by atoms with Gasteiger partial charge in [-0.15, -0.1) is 24.8 Å². The van der Waals surface area contributed by atoms with Gasteiger partial charge in [-0.3, -0.25) is 0 Å². The van der Waals surface area contributed by atoms with Crippen LogP contribution in [0.25, 0.3) is 11.2 Å². The molecule has 0 saturated carbocycles. The molecule has 0 bridgehead atoms. The standard InChI is InChI=1S/C10H14N6.2ClH/c1-3-11-4-2-7(1)16-10-8-9(13-5-12-8)14-6-15-10;;/h5-7,11H,1-4H2,(H2,12,13,14,15,16);2*1H. The molecule has 0 atom stereocenters. The minimum Gasteiger partial charge on any atom is -0.365 e. The van der Waals surface area contributed by atoms with Gasteiger partial charge >= 0.3 is 0 Å². The van der Waals surface area contributed by atoms with Crippen LogP contribution in [-0.4, -0.2) is 39.1 Å². The number of aromatic nitrogens is 4. The maximum absolute atomic E-state index is 4.25. The first-order valence-electron chi connectivity index (χ1n) is 5.55. The highest BCUT2D eigenvalue weighted by atomic mass is 35.5. The molecule has 3 heterocycles. The minimum atomic E-state index is 0. The van der Waals surface area contributed by atoms with Crippen molar-refractivity contribution in [3.63, 3.8) is 0 Å². The van der Waals surface area contributed by atoms with Crippen LogP contribution in [0.3, 0.4) is 0 Å². The molecule has 2 aromatic heterocycles. The van der Waals surface area contributed by atoms with Gasteiger partial charge in [-0.25, -0.2) is 15.0 Å². The second-order valence-electron chi connectivity index (χ2n) is 3.99. The highest BCUT2D eigenvalue weighted by Gasteiger charge is 2.15. The van der Waals surface area contributed by atoms with E-state index in [4.69, 9.17) is 0 Å². The molecule has 2 aromatic rings. The molecule has 100 valence electrons. The van der Waals surface area contributed by atoms with Crippen molar-refractivity contribution in [1.82, 2.24) is 25.3 Å². The normalized spacial score (nSPS) is 15.8. The molecule has 0 aliphatic carbocycles. The Labute approximate surface area is 117 Å². The van der Waals surface area contributed by atoms with Gasteiger partial charge in [0.15, 0.2) is 11.5 Å². The molecule has 0 aromatic carbocycles. The van der Waals surface area contributed by atoms with E-state index in [-0.39, 0.29) is 24.8 Å². The molecular weight excluding hydrogens is 275 g/mol. The molecule has 18 heavy (non-hydrogen) atoms. The summed E-state index contributed by atoms with van der Waals surface area (Å²) in [7, 11) is 0. The Hall–Kier alpha value is -1.11. The van der Waals surface area contributed by atoms with Crippen molar-refractivity contribution >= 4 is 41.8 Å². The molecule has 8 heteroatoms. The predicted octanol–water partition coefficient (Wildman–Crippen LogP) is 1.36. The summed E-state index contributed by atoms with van der Waals surface area (Å²) in [5, 5.41) is 6.77. The molecule has 0 amide bonds. The summed E-state index contributed by atoms with van der Waals surface area (Å²) in [5.41, 5.74) is 1.60. The molecule has 0 radical (unpaired) electrons. The highest BCUT2D eigenvalue weighted by molar-refractivity contribution is 5.85. The van der Waals surface area contributed by atoms with Gasteiger partial charge < -0.3 is 15.6 Å². The number of hydrogen-bond donors (Lipinski definition) is 3. The van der Waals surface area contributed by atoms with Crippen LogP contribution in [0.4, 0.5) is 5.82 Å². The minimum absolute atomic E-state index is 0. The van der Waals surface area contributed by atoms with E-state index < -0.39 is 0 Å². The molecule has 0 spiro atoms. The zero-order valence-corrected chi connectivity index (χ0v) is 11.4. The number of halogens is 2. The fraction of sp³-hybridized carbons (Fsp3) is 0.500. The molecule has 1 fully saturated rings. The summed E-state index contributed by atoms with van der Waals surface area (Å²) in [4.78, 5) is 15.6. The van der Waals surface area contributed by atoms with Crippen LogP contribution in [0.2, 0.25) is 0 Å². The van der Waals surface area contributed by atoms with E-state index in [9.17, 15) is 0 Å². The fourth-order valence-electron chi connectivity index (χ4n) is 2.03. The summed E-state index contributed by atoms with van der Waals surface area (Å²) in [6.45, 7) is 2.12. The fourth-order valence-corrected chi connectivity index (χ4v) is 2.03. The Morgan fingerprint density at radius 3 is 2.67 bits per heavy atom. The van der Waals surface area contributed by atoms with Crippen LogP contribution in [-0.2, 0) is 0 Å². The third kappa shape index (κ3) is 3.01. The first kappa shape index (κ1) is 14.9. The SMILES string of the molecule is Cl.Cl.c1nc(NC2CCNCC2)c2nc[nH]c2n1. The Balaban J connectivity index is 0.000000810. The Morgan fingerprint density at radius 1 is 1.11 bits per heavy atom. The second kappa shape index (κ2) is 6.72. The maximum atomic E-state index is 4.25. The topological polar surface area (TPSA) is 78.5 Å². The average Bonchev–Trinajstić information content (AvgIpc) is 2.80. The summed E-state index contributed by atoms with van der Waals surface area (Å²) in [5.74, 6) is 0.832. The highest BCUT2D eigenvalue weighted by Crippen LogP contribution is 2.17. The molecule has 0 unspecified atom stereocenters. The second-order valence-corrected chi connectivity index (χ2v) is 3.99. The van der Waals surface area contributed by atoms with E-state index in [1.165, 1.54) is 0 Å². The van der Waals surface area contributed by atoms with E-state index >= 15 is 0 Å². The Morgan fingerprint density at radius 2 is 1.89 bits per heavy atom. The predicted molar refractivity (Wildman–Crippen MR) is 75.7 cm³/mol. The van der Waals surface area contributed by atoms with E-state index in [1.54, 1.807) is 12.7 Å². The first-order valence-corrected chi connectivity index (χ1v) is 5.55. The lowest BCUT2D eigenvalue weighted by atomic mass is 10.1. The van der Waals surface area contributed by atoms with Crippen molar-refractivity contribution in [3.8, 4) is 0 Å². The van der Waals surface area contributed by atoms with E-state index in [1.807, 2.05) is 0 Å². The summed E-state index contributed by atoms with van der Waals surface area (Å²) < 4.78 is 0. The number of rotatable bonds is 2. The summed E-state index contributed by atoms with van der Waals surface area (Å²) in [6, 6.07) is 0.482. The maximum Gasteiger partial charge on any atom is 0.162 e. The first-order chi connectivity index (χ1) is 7.93. The monoisotopic (exact) mass is 290 g/mol. The largest absolute Gasteiger partial charge is 0.365 e. The van der Waals surface area contributed by atoms with Crippen molar-refractivity contribution in [2.75, 3.05) is 18.4 Å². The van der Waals surface area contributed by atoms with Gasteiger partial charge in [-0.2, -0.15) is 0 Å². The average molecular weight is 291 g/mol. The van der Waals surface area contributed by atoms with Gasteiger partial charge in [0.05, 0.1) is 6.33 Å². The van der Waals surface area contributed by atoms with Crippen LogP contribution in [0.15, 0.2) is 12.7 Å². The number of imidazole rings is 1. The number of nitrogens with zero attached hydrogens (tertiary/aromatic N) is 3. The van der Waals surface area contributed by atoms with Crippen LogP contribution in [0, 0.1) is 0 Å². The van der Waals surface area contributed by atoms with Gasteiger partial charge in [0.25, 0.3) is 0 Å². The van der Waals surface area contributed by atoms with Gasteiger partial charge in [0.1, 0.15) is 11.8 Å². The Kier molecular flexibility index (Phi) is 5.58. The van der Waals surface area contributed by atoms with Crippen LogP contribution < -0.4 is 10.6 Å². The van der Waals surface area contributed by atoms with Gasteiger partial charge in [-0.05, 0) is 25.9 Å². The van der Waals surface area contributed by atoms with Gasteiger partial charge in [0.2, 0.25) is 0 Å². The zero-order chi connectivity index (χ0) is 10.8. The van der Waals surface area contributed by atoms with E-state index in [0.29, 0.717) is 6.04 Å². The third-order valence-corrected chi connectivity index (χ3v) is 2.90. The Bertz CT molecular complexity index is 482. The van der Waals surface area contributed by atoms with Crippen molar-refractivity contribution in [2.24, 2.45) is 0 Å². The number of hydrogen-bond acceptors (Lipinski definition) is 5. The molecule has 6 nitrogen and oxygen atoms in total. The van der Waals surface area contributed by atoms with Crippen molar-refractivity contribution in [3.05, 3.63) is 12.7 Å². The lowest BCUT2D eigenvalue weighted by Gasteiger charge is -2.24. The van der Waals surface area contributed by atoms with Gasteiger partial charge in [0, 0.05) is 6.04 Å². The number of aromatic amines is 1.